The smallest absolute Gasteiger partial charge is 0.378 e. The van der Waals surface area contributed by atoms with E-state index in [-0.39, 0.29) is 6.07 Å². The Bertz CT molecular complexity index is 614. The summed E-state index contributed by atoms with van der Waals surface area (Å²) in [6.45, 7) is -2.29. The van der Waals surface area contributed by atoms with Crippen LogP contribution in [0.4, 0.5) is 32.0 Å². The van der Waals surface area contributed by atoms with Crippen LogP contribution in [-0.4, -0.2) is 32.9 Å². The number of benzene rings is 1. The molecule has 0 unspecified atom stereocenters. The van der Waals surface area contributed by atoms with E-state index in [4.69, 9.17) is 5.73 Å². The number of sulfone groups is 1. The van der Waals surface area contributed by atoms with Gasteiger partial charge in [0.1, 0.15) is 10.7 Å². The predicted octanol–water partition coefficient (Wildman–Crippen LogP) is 2.13. The monoisotopic (exact) mass is 336 g/mol. The van der Waals surface area contributed by atoms with Crippen LogP contribution in [0, 0.1) is 5.82 Å². The van der Waals surface area contributed by atoms with E-state index in [1.54, 1.807) is 0 Å². The first kappa shape index (κ1) is 17.6. The van der Waals surface area contributed by atoms with Gasteiger partial charge in [-0.25, -0.2) is 21.6 Å². The molecule has 0 aliphatic carbocycles. The van der Waals surface area contributed by atoms with Gasteiger partial charge in [-0.1, -0.05) is 0 Å². The van der Waals surface area contributed by atoms with Crippen LogP contribution in [0.3, 0.4) is 0 Å². The third-order valence-electron chi connectivity index (χ3n) is 2.37. The zero-order chi connectivity index (χ0) is 16.5. The molecule has 0 saturated carbocycles. The van der Waals surface area contributed by atoms with Gasteiger partial charge in [0.05, 0.1) is 18.8 Å². The SMILES string of the molecule is NCC(F)(F)CNc1ccc(F)cc1S(=O)(=O)C(F)(F)F. The molecule has 1 aromatic carbocycles. The van der Waals surface area contributed by atoms with Crippen molar-refractivity contribution >= 4 is 15.5 Å². The van der Waals surface area contributed by atoms with Crippen molar-refractivity contribution in [2.75, 3.05) is 18.4 Å². The van der Waals surface area contributed by atoms with E-state index in [9.17, 15) is 34.8 Å². The Balaban J connectivity index is 3.25. The summed E-state index contributed by atoms with van der Waals surface area (Å²) in [5.41, 5.74) is -1.74. The second kappa shape index (κ2) is 5.72. The van der Waals surface area contributed by atoms with Crippen molar-refractivity contribution in [2.24, 2.45) is 5.73 Å². The first-order valence-electron chi connectivity index (χ1n) is 5.33. The van der Waals surface area contributed by atoms with Gasteiger partial charge in [0.2, 0.25) is 0 Å². The summed E-state index contributed by atoms with van der Waals surface area (Å²) >= 11 is 0. The van der Waals surface area contributed by atoms with Gasteiger partial charge in [0, 0.05) is 0 Å². The lowest BCUT2D eigenvalue weighted by Crippen LogP contribution is -2.35. The van der Waals surface area contributed by atoms with Crippen LogP contribution in [0.1, 0.15) is 0 Å². The molecule has 0 spiro atoms. The molecule has 0 atom stereocenters. The van der Waals surface area contributed by atoms with E-state index in [0.717, 1.165) is 0 Å². The Morgan fingerprint density at radius 3 is 2.19 bits per heavy atom. The molecule has 0 aromatic heterocycles. The molecule has 1 rings (SSSR count). The molecule has 120 valence electrons. The van der Waals surface area contributed by atoms with Crippen molar-refractivity contribution in [2.45, 2.75) is 16.3 Å². The topological polar surface area (TPSA) is 72.2 Å². The van der Waals surface area contributed by atoms with Gasteiger partial charge in [-0.05, 0) is 18.2 Å². The normalized spacial score (nSPS) is 13.3. The summed E-state index contributed by atoms with van der Waals surface area (Å²) in [7, 11) is -5.88. The highest BCUT2D eigenvalue weighted by molar-refractivity contribution is 7.92. The molecule has 3 N–H and O–H groups in total. The van der Waals surface area contributed by atoms with Crippen LogP contribution in [-0.2, 0) is 9.84 Å². The Morgan fingerprint density at radius 1 is 1.14 bits per heavy atom. The molecule has 0 fully saturated rings. The summed E-state index contributed by atoms with van der Waals surface area (Å²) in [4.78, 5) is -1.47. The molecule has 11 heteroatoms. The minimum atomic E-state index is -5.88. The van der Waals surface area contributed by atoms with Crippen molar-refractivity contribution in [3.05, 3.63) is 24.0 Å². The molecule has 0 saturated heterocycles. The fourth-order valence-electron chi connectivity index (χ4n) is 1.29. The summed E-state index contributed by atoms with van der Waals surface area (Å²) in [6.07, 6.45) is 0. The number of rotatable bonds is 5. The van der Waals surface area contributed by atoms with E-state index in [1.165, 1.54) is 0 Å². The van der Waals surface area contributed by atoms with Crippen LogP contribution >= 0.6 is 0 Å². The van der Waals surface area contributed by atoms with Crippen molar-refractivity contribution in [3.8, 4) is 0 Å². The number of nitrogens with one attached hydrogen (secondary N) is 1. The maximum Gasteiger partial charge on any atom is 0.501 e. The Labute approximate surface area is 115 Å². The van der Waals surface area contributed by atoms with Gasteiger partial charge in [0.25, 0.3) is 15.8 Å². The van der Waals surface area contributed by atoms with Gasteiger partial charge in [-0.15, -0.1) is 0 Å². The first-order valence-corrected chi connectivity index (χ1v) is 6.82. The minimum absolute atomic E-state index is 0.103. The van der Waals surface area contributed by atoms with Crippen molar-refractivity contribution in [1.29, 1.82) is 0 Å². The average Bonchev–Trinajstić information content (AvgIpc) is 2.36. The molecular weight excluding hydrogens is 326 g/mol. The highest BCUT2D eigenvalue weighted by Gasteiger charge is 2.48. The molecule has 0 radical (unpaired) electrons. The molecule has 0 bridgehead atoms. The number of nitrogens with two attached hydrogens (primary N) is 1. The third-order valence-corrected chi connectivity index (χ3v) is 3.90. The van der Waals surface area contributed by atoms with Gasteiger partial charge in [-0.3, -0.25) is 0 Å². The molecule has 21 heavy (non-hydrogen) atoms. The van der Waals surface area contributed by atoms with Gasteiger partial charge in [0.15, 0.2) is 0 Å². The third kappa shape index (κ3) is 4.00. The number of hydrogen-bond acceptors (Lipinski definition) is 4. The summed E-state index contributed by atoms with van der Waals surface area (Å²) in [5.74, 6) is -4.72. The summed E-state index contributed by atoms with van der Waals surface area (Å²) in [5, 5.41) is 1.83. The number of alkyl halides is 5. The zero-order valence-corrected chi connectivity index (χ0v) is 11.0. The minimum Gasteiger partial charge on any atom is -0.378 e. The second-order valence-electron chi connectivity index (χ2n) is 4.00. The highest BCUT2D eigenvalue weighted by atomic mass is 32.2. The van der Waals surface area contributed by atoms with Crippen molar-refractivity contribution < 1.29 is 34.8 Å². The zero-order valence-electron chi connectivity index (χ0n) is 10.2. The molecular formula is C10H10F6N2O2S. The maximum absolute atomic E-state index is 13.0. The van der Waals surface area contributed by atoms with Crippen LogP contribution < -0.4 is 11.1 Å². The fraction of sp³-hybridized carbons (Fsp3) is 0.400. The maximum atomic E-state index is 13.0. The lowest BCUT2D eigenvalue weighted by atomic mass is 10.3. The van der Waals surface area contributed by atoms with E-state index < -0.39 is 50.8 Å². The second-order valence-corrected chi connectivity index (χ2v) is 5.91. The summed E-state index contributed by atoms with van der Waals surface area (Å²) in [6, 6.07) is 1.37. The van der Waals surface area contributed by atoms with Crippen LogP contribution in [0.2, 0.25) is 0 Å². The van der Waals surface area contributed by atoms with Gasteiger partial charge >= 0.3 is 5.51 Å². The molecule has 0 amide bonds. The molecule has 4 nitrogen and oxygen atoms in total. The van der Waals surface area contributed by atoms with Gasteiger partial charge in [-0.2, -0.15) is 13.2 Å². The number of halogens is 6. The van der Waals surface area contributed by atoms with E-state index >= 15 is 0 Å². The largest absolute Gasteiger partial charge is 0.501 e. The summed E-state index contributed by atoms with van der Waals surface area (Å²) < 4.78 is 98.8. The molecule has 1 aromatic rings. The van der Waals surface area contributed by atoms with Crippen molar-refractivity contribution in [1.82, 2.24) is 0 Å². The molecule has 0 aliphatic rings. The lowest BCUT2D eigenvalue weighted by molar-refractivity contribution is -0.0435. The number of anilines is 1. The van der Waals surface area contributed by atoms with Gasteiger partial charge < -0.3 is 11.1 Å². The Kier molecular flexibility index (Phi) is 4.78. The van der Waals surface area contributed by atoms with Crippen LogP contribution in [0.25, 0.3) is 0 Å². The van der Waals surface area contributed by atoms with E-state index in [2.05, 4.69) is 0 Å². The molecule has 0 aliphatic heterocycles. The van der Waals surface area contributed by atoms with E-state index in [0.29, 0.717) is 12.1 Å². The fourth-order valence-corrected chi connectivity index (χ4v) is 2.23. The van der Waals surface area contributed by atoms with Crippen LogP contribution in [0.15, 0.2) is 23.1 Å². The highest BCUT2D eigenvalue weighted by Crippen LogP contribution is 2.35. The Morgan fingerprint density at radius 2 is 1.71 bits per heavy atom. The average molecular weight is 336 g/mol. The predicted molar refractivity (Wildman–Crippen MR) is 62.1 cm³/mol. The quantitative estimate of drug-likeness (QED) is 0.808. The lowest BCUT2D eigenvalue weighted by Gasteiger charge is -2.18. The van der Waals surface area contributed by atoms with Crippen molar-refractivity contribution in [3.63, 3.8) is 0 Å². The number of hydrogen-bond donors (Lipinski definition) is 2. The molecule has 0 heterocycles. The Hall–Kier alpha value is -1.49. The van der Waals surface area contributed by atoms with Crippen LogP contribution in [0.5, 0.6) is 0 Å². The standard InChI is InChI=1S/C10H10F6N2O2S/c11-6-1-2-7(18-5-9(12,13)4-17)8(3-6)21(19,20)10(14,15)16/h1-3,18H,4-5,17H2. The first-order chi connectivity index (χ1) is 9.40. The van der Waals surface area contributed by atoms with E-state index in [1.807, 2.05) is 5.32 Å².